The highest BCUT2D eigenvalue weighted by Crippen LogP contribution is 2.27. The second kappa shape index (κ2) is 9.75. The molecule has 1 atom stereocenters. The van der Waals surface area contributed by atoms with Crippen molar-refractivity contribution in [2.24, 2.45) is 0 Å². The van der Waals surface area contributed by atoms with Crippen LogP contribution in [0.1, 0.15) is 23.4 Å². The number of methoxy groups -OCH3 is 1. The van der Waals surface area contributed by atoms with Gasteiger partial charge in [0.25, 0.3) is 0 Å². The van der Waals surface area contributed by atoms with Crippen molar-refractivity contribution in [2.75, 3.05) is 33.4 Å². The normalized spacial score (nSPS) is 18.0. The molecule has 0 saturated carbocycles. The molecule has 1 saturated heterocycles. The minimum Gasteiger partial charge on any atom is -0.497 e. The molecule has 1 aliphatic heterocycles. The molecule has 0 bridgehead atoms. The summed E-state index contributed by atoms with van der Waals surface area (Å²) in [6, 6.07) is 12.6. The van der Waals surface area contributed by atoms with Crippen molar-refractivity contribution in [3.63, 3.8) is 0 Å². The third kappa shape index (κ3) is 4.92. The predicted octanol–water partition coefficient (Wildman–Crippen LogP) is 3.79. The number of aromatic nitrogens is 1. The maximum absolute atomic E-state index is 9.62. The summed E-state index contributed by atoms with van der Waals surface area (Å²) >= 11 is 1.64. The van der Waals surface area contributed by atoms with Crippen LogP contribution < -0.4 is 4.74 Å². The van der Waals surface area contributed by atoms with Crippen LogP contribution in [0, 0.1) is 6.92 Å². The lowest BCUT2D eigenvalue weighted by atomic mass is 10.1. The van der Waals surface area contributed by atoms with Gasteiger partial charge in [-0.15, -0.1) is 11.3 Å². The summed E-state index contributed by atoms with van der Waals surface area (Å²) in [7, 11) is 1.70. The lowest BCUT2D eigenvalue weighted by Crippen LogP contribution is -2.52. The van der Waals surface area contributed by atoms with Crippen molar-refractivity contribution < 1.29 is 14.3 Å². The van der Waals surface area contributed by atoms with E-state index in [-0.39, 0.29) is 6.61 Å². The van der Waals surface area contributed by atoms with E-state index in [1.165, 1.54) is 5.56 Å². The number of nitrogens with zero attached hydrogens (tertiary/aromatic N) is 3. The van der Waals surface area contributed by atoms with Gasteiger partial charge in [-0.1, -0.05) is 18.2 Å². The Bertz CT molecular complexity index is 941. The lowest BCUT2D eigenvalue weighted by Gasteiger charge is -2.41. The van der Waals surface area contributed by atoms with Crippen LogP contribution in [-0.2, 0) is 13.1 Å². The molecule has 0 aliphatic carbocycles. The van der Waals surface area contributed by atoms with Crippen LogP contribution in [-0.4, -0.2) is 59.3 Å². The molecule has 160 valence electrons. The summed E-state index contributed by atoms with van der Waals surface area (Å²) in [4.78, 5) is 10.7. The monoisotopic (exact) mass is 427 g/mol. The molecule has 1 aromatic carbocycles. The average Bonchev–Trinajstić information content (AvgIpc) is 3.41. The molecular weight excluding hydrogens is 398 g/mol. The first-order chi connectivity index (χ1) is 14.7. The molecule has 0 spiro atoms. The van der Waals surface area contributed by atoms with E-state index in [9.17, 15) is 5.11 Å². The Morgan fingerprint density at radius 1 is 1.23 bits per heavy atom. The fourth-order valence-corrected chi connectivity index (χ4v) is 4.68. The van der Waals surface area contributed by atoms with Crippen LogP contribution in [0.5, 0.6) is 5.75 Å². The quantitative estimate of drug-likeness (QED) is 0.590. The zero-order valence-corrected chi connectivity index (χ0v) is 18.4. The third-order valence-electron chi connectivity index (χ3n) is 5.67. The molecule has 30 heavy (non-hydrogen) atoms. The van der Waals surface area contributed by atoms with Crippen molar-refractivity contribution in [3.05, 3.63) is 58.8 Å². The van der Waals surface area contributed by atoms with Gasteiger partial charge in [0.2, 0.25) is 5.89 Å². The number of aliphatic hydroxyl groups excluding tert-OH is 1. The Hall–Kier alpha value is -2.19. The number of benzene rings is 1. The first kappa shape index (κ1) is 21.1. The van der Waals surface area contributed by atoms with Gasteiger partial charge < -0.3 is 14.3 Å². The van der Waals surface area contributed by atoms with E-state index >= 15 is 0 Å². The number of aliphatic hydroxyl groups is 1. The van der Waals surface area contributed by atoms with Crippen LogP contribution in [0.15, 0.2) is 46.2 Å². The van der Waals surface area contributed by atoms with Gasteiger partial charge in [-0.25, -0.2) is 4.98 Å². The molecule has 3 heterocycles. The van der Waals surface area contributed by atoms with Gasteiger partial charge in [-0.2, -0.15) is 0 Å². The highest BCUT2D eigenvalue weighted by Gasteiger charge is 2.28. The van der Waals surface area contributed by atoms with Gasteiger partial charge in [0.05, 0.1) is 17.7 Å². The van der Waals surface area contributed by atoms with Gasteiger partial charge in [-0.3, -0.25) is 9.80 Å². The number of oxazole rings is 1. The first-order valence-electron chi connectivity index (χ1n) is 10.4. The van der Waals surface area contributed by atoms with Crippen molar-refractivity contribution >= 4 is 11.3 Å². The van der Waals surface area contributed by atoms with Crippen molar-refractivity contribution in [2.45, 2.75) is 32.5 Å². The second-order valence-corrected chi connectivity index (χ2v) is 8.67. The van der Waals surface area contributed by atoms with Gasteiger partial charge >= 0.3 is 0 Å². The number of thiophene rings is 1. The maximum Gasteiger partial charge on any atom is 0.236 e. The third-order valence-corrected chi connectivity index (χ3v) is 6.53. The second-order valence-electron chi connectivity index (χ2n) is 7.72. The fourth-order valence-electron chi connectivity index (χ4n) is 4.03. The molecule has 0 amide bonds. The summed E-state index contributed by atoms with van der Waals surface area (Å²) in [5, 5.41) is 11.7. The van der Waals surface area contributed by atoms with Gasteiger partial charge in [0.15, 0.2) is 0 Å². The van der Waals surface area contributed by atoms with Crippen LogP contribution in [0.3, 0.4) is 0 Å². The van der Waals surface area contributed by atoms with Crippen LogP contribution in [0.4, 0.5) is 0 Å². The van der Waals surface area contributed by atoms with E-state index in [1.54, 1.807) is 18.4 Å². The number of ether oxygens (including phenoxy) is 1. The van der Waals surface area contributed by atoms with E-state index in [0.717, 1.165) is 61.2 Å². The largest absolute Gasteiger partial charge is 0.497 e. The van der Waals surface area contributed by atoms with E-state index in [1.807, 2.05) is 36.6 Å². The number of rotatable bonds is 8. The molecule has 1 N–H and O–H groups in total. The number of aryl methyl sites for hydroxylation is 1. The van der Waals surface area contributed by atoms with Crippen LogP contribution in [0.2, 0.25) is 0 Å². The van der Waals surface area contributed by atoms with E-state index < -0.39 is 0 Å². The molecule has 1 aliphatic rings. The summed E-state index contributed by atoms with van der Waals surface area (Å²) < 4.78 is 11.3. The molecule has 3 aromatic rings. The van der Waals surface area contributed by atoms with Gasteiger partial charge in [-0.05, 0) is 42.5 Å². The molecular formula is C23H29N3O3S. The number of piperazine rings is 1. The summed E-state index contributed by atoms with van der Waals surface area (Å²) in [6.45, 7) is 6.65. The molecule has 1 fully saturated rings. The van der Waals surface area contributed by atoms with Crippen LogP contribution in [0.25, 0.3) is 10.8 Å². The molecule has 6 nitrogen and oxygen atoms in total. The first-order valence-corrected chi connectivity index (χ1v) is 11.2. The summed E-state index contributed by atoms with van der Waals surface area (Å²) in [5.74, 6) is 2.48. The lowest BCUT2D eigenvalue weighted by molar-refractivity contribution is 0.0492. The molecule has 7 heteroatoms. The number of hydrogen-bond donors (Lipinski definition) is 1. The van der Waals surface area contributed by atoms with E-state index in [0.29, 0.717) is 11.9 Å². The summed E-state index contributed by atoms with van der Waals surface area (Å²) in [6.07, 6.45) is 0.763. The Labute approximate surface area is 181 Å². The predicted molar refractivity (Wildman–Crippen MR) is 119 cm³/mol. The highest BCUT2D eigenvalue weighted by molar-refractivity contribution is 7.13. The van der Waals surface area contributed by atoms with Crippen molar-refractivity contribution in [3.8, 4) is 16.5 Å². The maximum atomic E-state index is 9.62. The minimum atomic E-state index is 0.193. The van der Waals surface area contributed by atoms with E-state index in [4.69, 9.17) is 14.1 Å². The van der Waals surface area contributed by atoms with Gasteiger partial charge in [0, 0.05) is 45.4 Å². The Morgan fingerprint density at radius 2 is 2.13 bits per heavy atom. The SMILES string of the molecule is COc1cccc(CN2CCN(Cc3nc(-c4cccs4)oc3C)C[C@@H]2CCO)c1. The Morgan fingerprint density at radius 3 is 2.90 bits per heavy atom. The standard InChI is InChI=1S/C23H29N3O3S/c1-17-21(24-23(29-17)22-7-4-12-30-22)16-25-9-10-26(19(15-25)8-11-27)14-18-5-3-6-20(13-18)28-2/h3-7,12-13,19,27H,8-11,14-16H2,1-2H3/t19-/m0/s1. The molecule has 2 aromatic heterocycles. The highest BCUT2D eigenvalue weighted by atomic mass is 32.1. The average molecular weight is 428 g/mol. The number of hydrogen-bond acceptors (Lipinski definition) is 7. The van der Waals surface area contributed by atoms with Crippen molar-refractivity contribution in [1.82, 2.24) is 14.8 Å². The van der Waals surface area contributed by atoms with Gasteiger partial charge in [0.1, 0.15) is 11.5 Å². The zero-order valence-electron chi connectivity index (χ0n) is 17.6. The molecule has 0 unspecified atom stereocenters. The van der Waals surface area contributed by atoms with E-state index in [2.05, 4.69) is 21.9 Å². The molecule has 0 radical (unpaired) electrons. The smallest absolute Gasteiger partial charge is 0.236 e. The fraction of sp³-hybridized carbons (Fsp3) is 0.435. The van der Waals surface area contributed by atoms with Crippen LogP contribution >= 0.6 is 11.3 Å². The zero-order chi connectivity index (χ0) is 20.9. The topological polar surface area (TPSA) is 62.0 Å². The minimum absolute atomic E-state index is 0.193. The molecule has 4 rings (SSSR count). The Kier molecular flexibility index (Phi) is 6.84. The van der Waals surface area contributed by atoms with Crippen molar-refractivity contribution in [1.29, 1.82) is 0 Å². The Balaban J connectivity index is 1.41. The summed E-state index contributed by atoms with van der Waals surface area (Å²) in [5.41, 5.74) is 2.24.